The van der Waals surface area contributed by atoms with Crippen molar-refractivity contribution in [1.29, 1.82) is 0 Å². The summed E-state index contributed by atoms with van der Waals surface area (Å²) in [6.45, 7) is 7.36. The second-order valence-corrected chi connectivity index (χ2v) is 5.43. The first-order chi connectivity index (χ1) is 8.90. The highest BCUT2D eigenvalue weighted by atomic mass is 35.5. The molecule has 19 heavy (non-hydrogen) atoms. The quantitative estimate of drug-likeness (QED) is 0.766. The van der Waals surface area contributed by atoms with Crippen LogP contribution >= 0.6 is 11.6 Å². The van der Waals surface area contributed by atoms with Crippen molar-refractivity contribution in [1.82, 2.24) is 15.1 Å². The number of nitrogens with zero attached hydrogens (tertiary/aromatic N) is 2. The van der Waals surface area contributed by atoms with Gasteiger partial charge in [0.25, 0.3) is 0 Å². The lowest BCUT2D eigenvalue weighted by atomic mass is 9.94. The molecule has 0 bridgehead atoms. The number of halogens is 1. The molecule has 0 radical (unpaired) electrons. The van der Waals surface area contributed by atoms with E-state index in [2.05, 4.69) is 17.3 Å². The molecule has 5 nitrogen and oxygen atoms in total. The monoisotopic (exact) mass is 286 g/mol. The molecule has 0 saturated carbocycles. The summed E-state index contributed by atoms with van der Waals surface area (Å²) >= 11 is 5.95. The highest BCUT2D eigenvalue weighted by Gasteiger charge is 2.29. The second kappa shape index (κ2) is 6.91. The normalized spacial score (nSPS) is 14.3. The van der Waals surface area contributed by atoms with Crippen molar-refractivity contribution < 1.29 is 4.79 Å². The molecule has 0 aromatic carbocycles. The van der Waals surface area contributed by atoms with Crippen LogP contribution in [0.25, 0.3) is 0 Å². The molecule has 108 valence electrons. The van der Waals surface area contributed by atoms with Crippen LogP contribution < -0.4 is 11.1 Å². The Balaban J connectivity index is 2.53. The number of aromatic nitrogens is 2. The van der Waals surface area contributed by atoms with E-state index in [1.165, 1.54) is 0 Å². The number of carbonyl (C=O) groups is 1. The minimum atomic E-state index is -0.652. The van der Waals surface area contributed by atoms with Gasteiger partial charge in [0, 0.05) is 6.54 Å². The smallest absolute Gasteiger partial charge is 0.237 e. The fraction of sp³-hybridized carbons (Fsp3) is 0.692. The summed E-state index contributed by atoms with van der Waals surface area (Å²) < 4.78 is 1.85. The Hall–Kier alpha value is -1.07. The fourth-order valence-corrected chi connectivity index (χ4v) is 2.07. The van der Waals surface area contributed by atoms with Gasteiger partial charge >= 0.3 is 0 Å². The predicted octanol–water partition coefficient (Wildman–Crippen LogP) is 1.87. The van der Waals surface area contributed by atoms with Gasteiger partial charge in [0.2, 0.25) is 5.91 Å². The van der Waals surface area contributed by atoms with Crippen molar-refractivity contribution in [3.05, 3.63) is 16.9 Å². The van der Waals surface area contributed by atoms with Gasteiger partial charge in [-0.3, -0.25) is 9.48 Å². The number of aryl methyl sites for hydroxylation is 1. The first kappa shape index (κ1) is 16.0. The van der Waals surface area contributed by atoms with Gasteiger partial charge in [0.1, 0.15) is 0 Å². The van der Waals surface area contributed by atoms with E-state index >= 15 is 0 Å². The molecule has 1 atom stereocenters. The van der Waals surface area contributed by atoms with Crippen molar-refractivity contribution >= 4 is 17.5 Å². The molecule has 0 aliphatic carbocycles. The van der Waals surface area contributed by atoms with Crippen LogP contribution in [0.5, 0.6) is 0 Å². The average Bonchev–Trinajstić information content (AvgIpc) is 2.68. The molecule has 6 heteroatoms. The minimum absolute atomic E-state index is 0.309. The number of amides is 1. The summed E-state index contributed by atoms with van der Waals surface area (Å²) in [5.74, 6) is -0.309. The van der Waals surface area contributed by atoms with Gasteiger partial charge in [-0.15, -0.1) is 0 Å². The van der Waals surface area contributed by atoms with Gasteiger partial charge < -0.3 is 11.1 Å². The number of nitrogens with two attached hydrogens (primary N) is 1. The average molecular weight is 287 g/mol. The van der Waals surface area contributed by atoms with Crippen molar-refractivity contribution in [3.8, 4) is 0 Å². The predicted molar refractivity (Wildman–Crippen MR) is 77.1 cm³/mol. The first-order valence-corrected chi connectivity index (χ1v) is 7.01. The number of rotatable bonds is 8. The Morgan fingerprint density at radius 2 is 2.32 bits per heavy atom. The molecule has 0 saturated heterocycles. The third kappa shape index (κ3) is 4.21. The van der Waals surface area contributed by atoms with Crippen LogP contribution in [0.4, 0.5) is 0 Å². The van der Waals surface area contributed by atoms with Crippen molar-refractivity contribution in [2.75, 3.05) is 6.54 Å². The molecule has 1 amide bonds. The van der Waals surface area contributed by atoms with Crippen LogP contribution in [-0.4, -0.2) is 27.8 Å². The maximum absolute atomic E-state index is 11.6. The van der Waals surface area contributed by atoms with Crippen LogP contribution in [0, 0.1) is 6.92 Å². The second-order valence-electron chi connectivity index (χ2n) is 5.03. The molecule has 1 aromatic rings. The molecule has 0 fully saturated rings. The number of carbonyl (C=O) groups excluding carboxylic acids is 1. The molecule has 0 aliphatic rings. The van der Waals surface area contributed by atoms with E-state index in [0.717, 1.165) is 31.6 Å². The number of hydrogen-bond acceptors (Lipinski definition) is 3. The Kier molecular flexibility index (Phi) is 5.82. The van der Waals surface area contributed by atoms with Crippen molar-refractivity contribution in [2.24, 2.45) is 5.73 Å². The summed E-state index contributed by atoms with van der Waals surface area (Å²) in [5.41, 5.74) is 5.78. The zero-order valence-corrected chi connectivity index (χ0v) is 12.6. The van der Waals surface area contributed by atoms with Gasteiger partial charge in [0.15, 0.2) is 0 Å². The Morgan fingerprint density at radius 3 is 2.79 bits per heavy atom. The zero-order valence-electron chi connectivity index (χ0n) is 11.9. The van der Waals surface area contributed by atoms with E-state index in [1.807, 2.05) is 18.5 Å². The fourth-order valence-electron chi connectivity index (χ4n) is 1.93. The maximum Gasteiger partial charge on any atom is 0.237 e. The lowest BCUT2D eigenvalue weighted by Gasteiger charge is -2.27. The first-order valence-electron chi connectivity index (χ1n) is 6.63. The van der Waals surface area contributed by atoms with Crippen LogP contribution in [0.1, 0.15) is 38.8 Å². The molecular formula is C13H23ClN4O. The Bertz CT molecular complexity index is 432. The number of primary amides is 1. The Labute approximate surface area is 119 Å². The van der Waals surface area contributed by atoms with Crippen LogP contribution in [0.15, 0.2) is 6.20 Å². The highest BCUT2D eigenvalue weighted by molar-refractivity contribution is 6.31. The van der Waals surface area contributed by atoms with Gasteiger partial charge in [-0.2, -0.15) is 5.10 Å². The number of hydrogen-bond donors (Lipinski definition) is 2. The van der Waals surface area contributed by atoms with Gasteiger partial charge in [0.05, 0.1) is 22.5 Å². The molecule has 0 spiro atoms. The van der Waals surface area contributed by atoms with Crippen LogP contribution in [0.2, 0.25) is 5.02 Å². The van der Waals surface area contributed by atoms with E-state index in [9.17, 15) is 4.79 Å². The van der Waals surface area contributed by atoms with E-state index in [-0.39, 0.29) is 5.91 Å². The summed E-state index contributed by atoms with van der Waals surface area (Å²) in [5, 5.41) is 8.08. The van der Waals surface area contributed by atoms with E-state index in [1.54, 1.807) is 6.20 Å². The topological polar surface area (TPSA) is 72.9 Å². The summed E-state index contributed by atoms with van der Waals surface area (Å²) in [6.07, 6.45) is 4.10. The van der Waals surface area contributed by atoms with E-state index in [0.29, 0.717) is 11.4 Å². The van der Waals surface area contributed by atoms with Gasteiger partial charge in [-0.05, 0) is 39.7 Å². The van der Waals surface area contributed by atoms with Crippen molar-refractivity contribution in [3.63, 3.8) is 0 Å². The summed E-state index contributed by atoms with van der Waals surface area (Å²) in [7, 11) is 0. The van der Waals surface area contributed by atoms with Crippen LogP contribution in [0.3, 0.4) is 0 Å². The number of nitrogens with one attached hydrogen (secondary N) is 1. The minimum Gasteiger partial charge on any atom is -0.368 e. The molecule has 0 aliphatic heterocycles. The SMILES string of the molecule is CCCNC(C)(CCCn1ncc(Cl)c1C)C(N)=O. The largest absolute Gasteiger partial charge is 0.368 e. The summed E-state index contributed by atoms with van der Waals surface area (Å²) in [6, 6.07) is 0. The van der Waals surface area contributed by atoms with Crippen LogP contribution in [-0.2, 0) is 11.3 Å². The van der Waals surface area contributed by atoms with E-state index in [4.69, 9.17) is 17.3 Å². The third-order valence-electron chi connectivity index (χ3n) is 3.40. The molecule has 3 N–H and O–H groups in total. The molecule has 1 rings (SSSR count). The molecular weight excluding hydrogens is 264 g/mol. The highest BCUT2D eigenvalue weighted by Crippen LogP contribution is 2.16. The zero-order chi connectivity index (χ0) is 14.5. The molecule has 1 unspecified atom stereocenters. The molecule has 1 heterocycles. The Morgan fingerprint density at radius 1 is 1.63 bits per heavy atom. The summed E-state index contributed by atoms with van der Waals surface area (Å²) in [4.78, 5) is 11.6. The van der Waals surface area contributed by atoms with Gasteiger partial charge in [-0.1, -0.05) is 18.5 Å². The molecule has 1 aromatic heterocycles. The third-order valence-corrected chi connectivity index (χ3v) is 3.77. The van der Waals surface area contributed by atoms with Gasteiger partial charge in [-0.25, -0.2) is 0 Å². The lowest BCUT2D eigenvalue weighted by Crippen LogP contribution is -2.53. The lowest BCUT2D eigenvalue weighted by molar-refractivity contribution is -0.124. The standard InChI is InChI=1S/C13H23ClN4O/c1-4-7-16-13(3,12(15)19)6-5-8-18-10(2)11(14)9-17-18/h9,16H,4-8H2,1-3H3,(H2,15,19). The van der Waals surface area contributed by atoms with E-state index < -0.39 is 5.54 Å². The maximum atomic E-state index is 11.6. The van der Waals surface area contributed by atoms with Crippen molar-refractivity contribution in [2.45, 2.75) is 52.1 Å².